The lowest BCUT2D eigenvalue weighted by molar-refractivity contribution is -0.121. The first kappa shape index (κ1) is 10.4. The number of ether oxygens (including phenoxy) is 1. The highest BCUT2D eigenvalue weighted by atomic mass is 16.5. The smallest absolute Gasteiger partial charge is 0.233 e. The van der Waals surface area contributed by atoms with Crippen molar-refractivity contribution in [3.8, 4) is 0 Å². The van der Waals surface area contributed by atoms with Gasteiger partial charge in [0.15, 0.2) is 0 Å². The molecule has 0 aromatic heterocycles. The van der Waals surface area contributed by atoms with E-state index < -0.39 is 0 Å². The van der Waals surface area contributed by atoms with E-state index in [0.717, 1.165) is 6.42 Å². The molecule has 1 amide bonds. The maximum Gasteiger partial charge on any atom is 0.233 e. The zero-order valence-electron chi connectivity index (χ0n) is 7.09. The average Bonchev–Trinajstić information content (AvgIpc) is 1.97. The summed E-state index contributed by atoms with van der Waals surface area (Å²) in [7, 11) is 0. The summed E-state index contributed by atoms with van der Waals surface area (Å²) in [5.74, 6) is 4.73. The Hall–Kier alpha value is -0.610. The van der Waals surface area contributed by atoms with Gasteiger partial charge in [0.1, 0.15) is 0 Å². The number of rotatable bonds is 5. The van der Waals surface area contributed by atoms with Gasteiger partial charge in [-0.1, -0.05) is 0 Å². The summed E-state index contributed by atoms with van der Waals surface area (Å²) < 4.78 is 5.22. The van der Waals surface area contributed by atoms with E-state index in [1.807, 2.05) is 13.8 Å². The Morgan fingerprint density at radius 2 is 2.27 bits per heavy atom. The van der Waals surface area contributed by atoms with Crippen molar-refractivity contribution < 1.29 is 9.53 Å². The molecule has 0 saturated heterocycles. The zero-order valence-corrected chi connectivity index (χ0v) is 7.09. The molecule has 0 radical (unpaired) electrons. The molecule has 0 aliphatic rings. The molecule has 4 heteroatoms. The van der Waals surface area contributed by atoms with Crippen LogP contribution in [0.5, 0.6) is 0 Å². The van der Waals surface area contributed by atoms with Crippen molar-refractivity contribution in [2.75, 3.05) is 6.61 Å². The first-order valence-corrected chi connectivity index (χ1v) is 3.78. The predicted molar refractivity (Wildman–Crippen MR) is 42.7 cm³/mol. The summed E-state index contributed by atoms with van der Waals surface area (Å²) in [5, 5.41) is 0. The van der Waals surface area contributed by atoms with Gasteiger partial charge in [-0.2, -0.15) is 0 Å². The van der Waals surface area contributed by atoms with Crippen molar-refractivity contribution in [3.63, 3.8) is 0 Å². The Morgan fingerprint density at radius 1 is 1.64 bits per heavy atom. The molecule has 0 heterocycles. The zero-order chi connectivity index (χ0) is 8.69. The van der Waals surface area contributed by atoms with Crippen LogP contribution in [0.3, 0.4) is 0 Å². The molecule has 0 aromatic rings. The quantitative estimate of drug-likeness (QED) is 0.261. The lowest BCUT2D eigenvalue weighted by Gasteiger charge is -2.05. The first-order chi connectivity index (χ1) is 5.16. The van der Waals surface area contributed by atoms with Gasteiger partial charge in [0.2, 0.25) is 5.91 Å². The Kier molecular flexibility index (Phi) is 5.78. The van der Waals surface area contributed by atoms with Crippen molar-refractivity contribution in [3.05, 3.63) is 0 Å². The van der Waals surface area contributed by atoms with Crippen LogP contribution in [-0.4, -0.2) is 18.6 Å². The maximum absolute atomic E-state index is 10.6. The van der Waals surface area contributed by atoms with E-state index in [-0.39, 0.29) is 12.0 Å². The molecule has 0 aliphatic heterocycles. The van der Waals surface area contributed by atoms with Gasteiger partial charge in [0.25, 0.3) is 0 Å². The van der Waals surface area contributed by atoms with Gasteiger partial charge in [0.05, 0.1) is 6.10 Å². The lowest BCUT2D eigenvalue weighted by Crippen LogP contribution is -2.29. The first-order valence-electron chi connectivity index (χ1n) is 3.78. The van der Waals surface area contributed by atoms with E-state index >= 15 is 0 Å². The topological polar surface area (TPSA) is 64.3 Å². The normalized spacial score (nSPS) is 10.2. The van der Waals surface area contributed by atoms with Crippen molar-refractivity contribution in [1.82, 2.24) is 5.43 Å². The Labute approximate surface area is 67.1 Å². The third kappa shape index (κ3) is 7.29. The Balaban J connectivity index is 3.08. The molecule has 0 fully saturated rings. The molecule has 0 aromatic carbocycles. The highest BCUT2D eigenvalue weighted by Gasteiger charge is 1.98. The summed E-state index contributed by atoms with van der Waals surface area (Å²) in [6.45, 7) is 4.54. The molecular formula is C7H16N2O2. The van der Waals surface area contributed by atoms with Gasteiger partial charge in [-0.15, -0.1) is 0 Å². The molecule has 66 valence electrons. The van der Waals surface area contributed by atoms with Gasteiger partial charge >= 0.3 is 0 Å². The van der Waals surface area contributed by atoms with E-state index in [1.165, 1.54) is 0 Å². The van der Waals surface area contributed by atoms with E-state index in [4.69, 9.17) is 10.6 Å². The van der Waals surface area contributed by atoms with E-state index in [1.54, 1.807) is 0 Å². The van der Waals surface area contributed by atoms with Gasteiger partial charge in [-0.3, -0.25) is 10.2 Å². The van der Waals surface area contributed by atoms with Crippen LogP contribution in [0.1, 0.15) is 26.7 Å². The molecule has 0 unspecified atom stereocenters. The highest BCUT2D eigenvalue weighted by Crippen LogP contribution is 1.93. The van der Waals surface area contributed by atoms with Crippen LogP contribution in [-0.2, 0) is 9.53 Å². The molecule has 0 rings (SSSR count). The van der Waals surface area contributed by atoms with Crippen molar-refractivity contribution >= 4 is 5.91 Å². The summed E-state index contributed by atoms with van der Waals surface area (Å²) >= 11 is 0. The summed E-state index contributed by atoms with van der Waals surface area (Å²) in [4.78, 5) is 10.6. The second-order valence-corrected chi connectivity index (χ2v) is 2.59. The van der Waals surface area contributed by atoms with Crippen molar-refractivity contribution in [1.29, 1.82) is 0 Å². The SMILES string of the molecule is CC(C)OCCCC(=O)NN. The van der Waals surface area contributed by atoms with Gasteiger partial charge in [-0.25, -0.2) is 5.84 Å². The Morgan fingerprint density at radius 3 is 2.73 bits per heavy atom. The summed E-state index contributed by atoms with van der Waals surface area (Å²) in [6, 6.07) is 0. The van der Waals surface area contributed by atoms with E-state index in [9.17, 15) is 4.79 Å². The number of amides is 1. The Bertz CT molecular complexity index is 115. The molecular weight excluding hydrogens is 144 g/mol. The highest BCUT2D eigenvalue weighted by molar-refractivity contribution is 5.75. The van der Waals surface area contributed by atoms with Crippen LogP contribution < -0.4 is 11.3 Å². The summed E-state index contributed by atoms with van der Waals surface area (Å²) in [6.07, 6.45) is 1.39. The standard InChI is InChI=1S/C7H16N2O2/c1-6(2)11-5-3-4-7(10)9-8/h6H,3-5,8H2,1-2H3,(H,9,10). The molecule has 3 N–H and O–H groups in total. The predicted octanol–water partition coefficient (Wildman–Crippen LogP) is 0.182. The van der Waals surface area contributed by atoms with Crippen LogP contribution in [0.4, 0.5) is 0 Å². The fourth-order valence-electron chi connectivity index (χ4n) is 0.624. The lowest BCUT2D eigenvalue weighted by atomic mass is 10.3. The third-order valence-electron chi connectivity index (χ3n) is 1.16. The van der Waals surface area contributed by atoms with Crippen LogP contribution in [0.25, 0.3) is 0 Å². The summed E-state index contributed by atoms with van der Waals surface area (Å²) in [5.41, 5.74) is 2.06. The van der Waals surface area contributed by atoms with Gasteiger partial charge < -0.3 is 4.74 Å². The van der Waals surface area contributed by atoms with Crippen LogP contribution in [0.2, 0.25) is 0 Å². The molecule has 4 nitrogen and oxygen atoms in total. The molecule has 0 aliphatic carbocycles. The third-order valence-corrected chi connectivity index (χ3v) is 1.16. The fourth-order valence-corrected chi connectivity index (χ4v) is 0.624. The minimum Gasteiger partial charge on any atom is -0.379 e. The number of hydrazine groups is 1. The van der Waals surface area contributed by atoms with Crippen molar-refractivity contribution in [2.24, 2.45) is 5.84 Å². The largest absolute Gasteiger partial charge is 0.379 e. The monoisotopic (exact) mass is 160 g/mol. The second-order valence-electron chi connectivity index (χ2n) is 2.59. The van der Waals surface area contributed by atoms with Gasteiger partial charge in [-0.05, 0) is 20.3 Å². The molecule has 0 atom stereocenters. The molecule has 0 bridgehead atoms. The average molecular weight is 160 g/mol. The number of nitrogens with two attached hydrogens (primary N) is 1. The molecule has 0 spiro atoms. The second kappa shape index (κ2) is 6.12. The van der Waals surface area contributed by atoms with Crippen LogP contribution >= 0.6 is 0 Å². The van der Waals surface area contributed by atoms with E-state index in [2.05, 4.69) is 5.43 Å². The number of carbonyl (C=O) groups excluding carboxylic acids is 1. The minimum atomic E-state index is -0.141. The van der Waals surface area contributed by atoms with Gasteiger partial charge in [0, 0.05) is 13.0 Å². The fraction of sp³-hybridized carbons (Fsp3) is 0.857. The maximum atomic E-state index is 10.6. The molecule has 0 saturated carbocycles. The van der Waals surface area contributed by atoms with E-state index in [0.29, 0.717) is 13.0 Å². The number of nitrogens with one attached hydrogen (secondary N) is 1. The number of hydrogen-bond acceptors (Lipinski definition) is 3. The number of hydrogen-bond donors (Lipinski definition) is 2. The minimum absolute atomic E-state index is 0.141. The molecule has 11 heavy (non-hydrogen) atoms. The van der Waals surface area contributed by atoms with Crippen molar-refractivity contribution in [2.45, 2.75) is 32.8 Å². The van der Waals surface area contributed by atoms with Crippen LogP contribution in [0, 0.1) is 0 Å². The number of carbonyl (C=O) groups is 1. The van der Waals surface area contributed by atoms with Crippen LogP contribution in [0.15, 0.2) is 0 Å².